The van der Waals surface area contributed by atoms with Crippen molar-refractivity contribution in [1.82, 2.24) is 0 Å². The maximum atomic E-state index is 5.83. The smallest absolute Gasteiger partial charge is 0.123 e. The van der Waals surface area contributed by atoms with Gasteiger partial charge in [0.25, 0.3) is 0 Å². The summed E-state index contributed by atoms with van der Waals surface area (Å²) in [7, 11) is 0. The third kappa shape index (κ3) is 5.33. The second-order valence-corrected chi connectivity index (χ2v) is 6.01. The van der Waals surface area contributed by atoms with Gasteiger partial charge < -0.3 is 9.47 Å². The zero-order valence-electron chi connectivity index (χ0n) is 12.4. The fraction of sp³-hybridized carbons (Fsp3) is 0.333. The quantitative estimate of drug-likeness (QED) is 0.376. The summed E-state index contributed by atoms with van der Waals surface area (Å²) in [6, 6.07) is 16.2. The Balaban J connectivity index is 1.67. The number of para-hydroxylation sites is 2. The monoisotopic (exact) mass is 426 g/mol. The van der Waals surface area contributed by atoms with Crippen LogP contribution in [0.5, 0.6) is 11.5 Å². The van der Waals surface area contributed by atoms with Crippen molar-refractivity contribution in [1.29, 1.82) is 0 Å². The third-order valence-electron chi connectivity index (χ3n) is 3.29. The van der Waals surface area contributed by atoms with E-state index in [-0.39, 0.29) is 0 Å². The number of unbranched alkanes of at least 4 members (excludes halogenated alkanes) is 1. The van der Waals surface area contributed by atoms with E-state index in [1.54, 1.807) is 0 Å². The van der Waals surface area contributed by atoms with E-state index in [4.69, 9.17) is 9.47 Å². The van der Waals surface area contributed by atoms with Gasteiger partial charge in [-0.3, -0.25) is 0 Å². The number of benzene rings is 2. The van der Waals surface area contributed by atoms with E-state index in [2.05, 4.69) is 44.0 Å². The molecule has 2 aromatic carbocycles. The van der Waals surface area contributed by atoms with Crippen molar-refractivity contribution < 1.29 is 9.47 Å². The van der Waals surface area contributed by atoms with Gasteiger partial charge in [-0.25, -0.2) is 0 Å². The van der Waals surface area contributed by atoms with Crippen molar-refractivity contribution in [3.8, 4) is 11.5 Å². The number of hydrogen-bond donors (Lipinski definition) is 0. The van der Waals surface area contributed by atoms with E-state index in [1.807, 2.05) is 36.4 Å². The van der Waals surface area contributed by atoms with Gasteiger partial charge in [0.05, 0.1) is 13.2 Å². The molecule has 4 heteroatoms. The molecule has 0 amide bonds. The summed E-state index contributed by atoms with van der Waals surface area (Å²) < 4.78 is 11.7. The van der Waals surface area contributed by atoms with Gasteiger partial charge in [0.15, 0.2) is 0 Å². The lowest BCUT2D eigenvalue weighted by Gasteiger charge is -2.11. The standard InChI is InChI=1S/C18H20Br2O2/c19-13-15-7-1-3-9-17(15)21-11-5-6-12-22-18-10-4-2-8-16(18)14-20/h1-4,7-10H,5-6,11-14H2. The molecule has 0 saturated heterocycles. The van der Waals surface area contributed by atoms with Crippen molar-refractivity contribution in [2.45, 2.75) is 23.5 Å². The van der Waals surface area contributed by atoms with E-state index in [9.17, 15) is 0 Å². The second-order valence-electron chi connectivity index (χ2n) is 4.89. The normalized spacial score (nSPS) is 10.5. The maximum Gasteiger partial charge on any atom is 0.123 e. The Hall–Kier alpha value is -1.000. The number of rotatable bonds is 9. The molecule has 0 heterocycles. The molecule has 2 nitrogen and oxygen atoms in total. The van der Waals surface area contributed by atoms with E-state index in [1.165, 1.54) is 11.1 Å². The molecule has 0 aliphatic rings. The zero-order valence-corrected chi connectivity index (χ0v) is 15.6. The Morgan fingerprint density at radius 1 is 0.636 bits per heavy atom. The van der Waals surface area contributed by atoms with E-state index in [0.29, 0.717) is 13.2 Å². The van der Waals surface area contributed by atoms with Gasteiger partial charge in [-0.15, -0.1) is 0 Å². The molecule has 0 N–H and O–H groups in total. The number of ether oxygens (including phenoxy) is 2. The van der Waals surface area contributed by atoms with Crippen LogP contribution in [0.2, 0.25) is 0 Å². The average molecular weight is 428 g/mol. The van der Waals surface area contributed by atoms with Gasteiger partial charge in [-0.2, -0.15) is 0 Å². The highest BCUT2D eigenvalue weighted by atomic mass is 79.9. The number of alkyl halides is 2. The highest BCUT2D eigenvalue weighted by Crippen LogP contribution is 2.22. The SMILES string of the molecule is BrCc1ccccc1OCCCCOc1ccccc1CBr. The molecule has 118 valence electrons. The zero-order chi connectivity index (χ0) is 15.6. The molecule has 0 spiro atoms. The highest BCUT2D eigenvalue weighted by Gasteiger charge is 2.02. The fourth-order valence-electron chi connectivity index (χ4n) is 2.08. The number of halogens is 2. The molecular weight excluding hydrogens is 408 g/mol. The summed E-state index contributed by atoms with van der Waals surface area (Å²) in [4.78, 5) is 0. The van der Waals surface area contributed by atoms with Gasteiger partial charge in [0, 0.05) is 21.8 Å². The van der Waals surface area contributed by atoms with Crippen LogP contribution in [0.25, 0.3) is 0 Å². The van der Waals surface area contributed by atoms with Crippen molar-refractivity contribution in [2.24, 2.45) is 0 Å². The number of hydrogen-bond acceptors (Lipinski definition) is 2. The van der Waals surface area contributed by atoms with Crippen LogP contribution in [0.1, 0.15) is 24.0 Å². The van der Waals surface area contributed by atoms with E-state index in [0.717, 1.165) is 35.0 Å². The first kappa shape index (κ1) is 17.4. The van der Waals surface area contributed by atoms with Crippen LogP contribution in [0, 0.1) is 0 Å². The summed E-state index contributed by atoms with van der Waals surface area (Å²) in [5.41, 5.74) is 2.37. The summed E-state index contributed by atoms with van der Waals surface area (Å²) in [6.07, 6.45) is 1.96. The molecule has 2 rings (SSSR count). The second kappa shape index (κ2) is 9.90. The van der Waals surface area contributed by atoms with Crippen molar-refractivity contribution in [3.05, 3.63) is 59.7 Å². The first-order valence-electron chi connectivity index (χ1n) is 7.38. The first-order chi connectivity index (χ1) is 10.8. The van der Waals surface area contributed by atoms with Crippen LogP contribution in [0.4, 0.5) is 0 Å². The predicted molar refractivity (Wildman–Crippen MR) is 98.4 cm³/mol. The summed E-state index contributed by atoms with van der Waals surface area (Å²) >= 11 is 6.96. The molecule has 0 aliphatic heterocycles. The molecule has 0 aromatic heterocycles. The predicted octanol–water partition coefficient (Wildman–Crippen LogP) is 5.71. The van der Waals surface area contributed by atoms with Gasteiger partial charge in [-0.05, 0) is 25.0 Å². The minimum atomic E-state index is 0.716. The van der Waals surface area contributed by atoms with Crippen LogP contribution >= 0.6 is 31.9 Å². The third-order valence-corrected chi connectivity index (χ3v) is 4.50. The van der Waals surface area contributed by atoms with Crippen LogP contribution < -0.4 is 9.47 Å². The summed E-state index contributed by atoms with van der Waals surface area (Å²) in [5.74, 6) is 1.93. The molecule has 0 aliphatic carbocycles. The van der Waals surface area contributed by atoms with Crippen molar-refractivity contribution in [2.75, 3.05) is 13.2 Å². The van der Waals surface area contributed by atoms with Crippen LogP contribution in [-0.4, -0.2) is 13.2 Å². The summed E-state index contributed by atoms with van der Waals surface area (Å²) in [5, 5.41) is 1.63. The molecule has 0 saturated carbocycles. The Morgan fingerprint density at radius 2 is 1.05 bits per heavy atom. The molecular formula is C18H20Br2O2. The molecule has 22 heavy (non-hydrogen) atoms. The molecule has 0 unspecified atom stereocenters. The van der Waals surface area contributed by atoms with E-state index >= 15 is 0 Å². The topological polar surface area (TPSA) is 18.5 Å². The van der Waals surface area contributed by atoms with Crippen molar-refractivity contribution >= 4 is 31.9 Å². The van der Waals surface area contributed by atoms with E-state index < -0.39 is 0 Å². The molecule has 0 fully saturated rings. The Bertz CT molecular complexity index is 521. The molecule has 0 bridgehead atoms. The Labute approximate surface area is 149 Å². The largest absolute Gasteiger partial charge is 0.493 e. The van der Waals surface area contributed by atoms with Crippen LogP contribution in [-0.2, 0) is 10.7 Å². The molecule has 2 aromatic rings. The van der Waals surface area contributed by atoms with Crippen molar-refractivity contribution in [3.63, 3.8) is 0 Å². The first-order valence-corrected chi connectivity index (χ1v) is 9.62. The minimum Gasteiger partial charge on any atom is -0.493 e. The lowest BCUT2D eigenvalue weighted by Crippen LogP contribution is -2.04. The van der Waals surface area contributed by atoms with Gasteiger partial charge in [-0.1, -0.05) is 68.3 Å². The molecule has 0 radical (unpaired) electrons. The van der Waals surface area contributed by atoms with Gasteiger partial charge in [0.1, 0.15) is 11.5 Å². The van der Waals surface area contributed by atoms with Gasteiger partial charge in [0.2, 0.25) is 0 Å². The summed E-state index contributed by atoms with van der Waals surface area (Å²) in [6.45, 7) is 1.43. The minimum absolute atomic E-state index is 0.716. The van der Waals surface area contributed by atoms with Gasteiger partial charge >= 0.3 is 0 Å². The average Bonchev–Trinajstić information content (AvgIpc) is 2.58. The fourth-order valence-corrected chi connectivity index (χ4v) is 3.00. The van der Waals surface area contributed by atoms with Crippen LogP contribution in [0.3, 0.4) is 0 Å². The Kier molecular flexibility index (Phi) is 7.81. The molecule has 0 atom stereocenters. The maximum absolute atomic E-state index is 5.83. The lowest BCUT2D eigenvalue weighted by molar-refractivity contribution is 0.264. The lowest BCUT2D eigenvalue weighted by atomic mass is 10.2. The highest BCUT2D eigenvalue weighted by molar-refractivity contribution is 9.08. The Morgan fingerprint density at radius 3 is 1.45 bits per heavy atom. The van der Waals surface area contributed by atoms with Crippen LogP contribution in [0.15, 0.2) is 48.5 Å².